The Morgan fingerprint density at radius 2 is 0.415 bits per heavy atom. The van der Waals surface area contributed by atoms with E-state index in [2.05, 4.69) is 0 Å². The van der Waals surface area contributed by atoms with Crippen LogP contribution < -0.4 is 0 Å². The standard InChI is InChI=1S/C27H54F15O4PSi6/c1-48(2,3)25(49(4,5)6,19(28,29)22(34,35)36)44-47(43,45-26(50(7,8)9,51(10,11)12)20(30,31)23(37,38)39)46-27(52(13,14)15,53(16,17)18)21(32,33)24(40,41)42/h1-18H3. The Hall–Kier alpha value is 0.361. The highest BCUT2D eigenvalue weighted by Gasteiger charge is 2.86. The van der Waals surface area contributed by atoms with Gasteiger partial charge < -0.3 is 0 Å². The summed E-state index contributed by atoms with van der Waals surface area (Å²) in [5.74, 6) is -18.5. The molecule has 0 saturated heterocycles. The quantitative estimate of drug-likeness (QED) is 0.0932. The first-order valence-corrected chi connectivity index (χ1v) is 38.6. The number of rotatable bonds is 15. The first-order valence-electron chi connectivity index (χ1n) is 16.2. The van der Waals surface area contributed by atoms with Crippen LogP contribution in [0.2, 0.25) is 118 Å². The van der Waals surface area contributed by atoms with E-state index in [0.717, 1.165) is 118 Å². The molecule has 0 unspecified atom stereocenters. The maximum Gasteiger partial charge on any atom is 0.475 e. The fraction of sp³-hybridized carbons (Fsp3) is 1.00. The van der Waals surface area contributed by atoms with Crippen molar-refractivity contribution in [3.05, 3.63) is 0 Å². The lowest BCUT2D eigenvalue weighted by Gasteiger charge is -2.60. The molecule has 0 saturated carbocycles. The minimum absolute atomic E-state index is 0.818. The van der Waals surface area contributed by atoms with Gasteiger partial charge in [-0.2, -0.15) is 65.9 Å². The number of hydrogen-bond donors (Lipinski definition) is 0. The molecule has 0 rings (SSSR count). The van der Waals surface area contributed by atoms with Gasteiger partial charge >= 0.3 is 44.1 Å². The molecule has 0 radical (unpaired) electrons. The Morgan fingerprint density at radius 1 is 0.302 bits per heavy atom. The first-order chi connectivity index (χ1) is 22.1. The normalized spacial score (nSPS) is 17.1. The second-order valence-corrected chi connectivity index (χ2v) is 53.6. The van der Waals surface area contributed by atoms with Crippen molar-refractivity contribution in [1.82, 2.24) is 0 Å². The minimum Gasteiger partial charge on any atom is -0.281 e. The Bertz CT molecular complexity index is 1160. The summed E-state index contributed by atoms with van der Waals surface area (Å²) < 4.78 is 261. The molecule has 0 N–H and O–H groups in total. The van der Waals surface area contributed by atoms with Gasteiger partial charge in [-0.25, -0.2) is 4.57 Å². The highest BCUT2D eigenvalue weighted by atomic mass is 31.2. The third kappa shape index (κ3) is 8.32. The van der Waals surface area contributed by atoms with E-state index in [4.69, 9.17) is 13.6 Å². The smallest absolute Gasteiger partial charge is 0.281 e. The third-order valence-electron chi connectivity index (χ3n) is 9.48. The van der Waals surface area contributed by atoms with Gasteiger partial charge in [0, 0.05) is 0 Å². The lowest BCUT2D eigenvalue weighted by atomic mass is 10.3. The van der Waals surface area contributed by atoms with Crippen molar-refractivity contribution in [2.45, 2.75) is 169 Å². The van der Waals surface area contributed by atoms with Gasteiger partial charge in [-0.15, -0.1) is 0 Å². The molecule has 0 atom stereocenters. The van der Waals surface area contributed by atoms with Crippen LogP contribution in [0.25, 0.3) is 0 Å². The van der Waals surface area contributed by atoms with Gasteiger partial charge in [0.15, 0.2) is 0 Å². The second kappa shape index (κ2) is 14.0. The fourth-order valence-corrected chi connectivity index (χ4v) is 51.9. The van der Waals surface area contributed by atoms with E-state index >= 15 is 30.9 Å². The number of phosphoric ester groups is 1. The molecule has 0 fully saturated rings. The summed E-state index contributed by atoms with van der Waals surface area (Å²) in [5.41, 5.74) is 0. The molecule has 320 valence electrons. The average Bonchev–Trinajstić information content (AvgIpc) is 2.77. The van der Waals surface area contributed by atoms with Crippen LogP contribution in [0.3, 0.4) is 0 Å². The summed E-state index contributed by atoms with van der Waals surface area (Å²) in [7, 11) is -35.4. The molecular formula is C27H54F15O4PSi6. The fourth-order valence-electron chi connectivity index (χ4n) is 8.35. The SMILES string of the molecule is C[Si](C)(C)C(OP(=O)(OC(C(F)(F)C(F)(F)F)([Si](C)(C)C)[Si](C)(C)C)OC(C(F)(F)C(F)(F)F)([Si](C)(C)C)[Si](C)(C)C)(C(F)(F)C(F)(F)F)[Si](C)(C)C. The van der Waals surface area contributed by atoms with Crippen molar-refractivity contribution in [2.75, 3.05) is 0 Å². The van der Waals surface area contributed by atoms with Crippen molar-refractivity contribution in [2.24, 2.45) is 0 Å². The van der Waals surface area contributed by atoms with Crippen LogP contribution in [0.15, 0.2) is 0 Å². The highest BCUT2D eigenvalue weighted by molar-refractivity contribution is 7.49. The number of phosphoric acid groups is 1. The predicted octanol–water partition coefficient (Wildman–Crippen LogP) is 13.2. The molecule has 0 bridgehead atoms. The van der Waals surface area contributed by atoms with Gasteiger partial charge in [-0.05, 0) is 0 Å². The number of hydrogen-bond acceptors (Lipinski definition) is 4. The van der Waals surface area contributed by atoms with E-state index in [1.165, 1.54) is 0 Å². The summed E-state index contributed by atoms with van der Waals surface area (Å²) >= 11 is 0. The van der Waals surface area contributed by atoms with E-state index in [9.17, 15) is 39.5 Å². The lowest BCUT2D eigenvalue weighted by molar-refractivity contribution is -0.322. The zero-order valence-corrected chi connectivity index (χ0v) is 40.1. The first kappa shape index (κ1) is 53.4. The van der Waals surface area contributed by atoms with E-state index in [0.29, 0.717) is 0 Å². The van der Waals surface area contributed by atoms with Crippen LogP contribution in [-0.2, 0) is 18.1 Å². The van der Waals surface area contributed by atoms with E-state index in [1.807, 2.05) is 0 Å². The van der Waals surface area contributed by atoms with Crippen molar-refractivity contribution < 1.29 is 84.0 Å². The zero-order valence-electron chi connectivity index (χ0n) is 33.2. The molecule has 0 spiro atoms. The molecule has 0 aromatic carbocycles. The summed E-state index contributed by atoms with van der Waals surface area (Å²) in [6, 6.07) is 0. The molecule has 0 aliphatic heterocycles. The van der Waals surface area contributed by atoms with Crippen LogP contribution in [-0.4, -0.2) is 99.3 Å². The average molecular weight is 927 g/mol. The number of halogens is 15. The Morgan fingerprint density at radius 3 is 0.491 bits per heavy atom. The second-order valence-electron chi connectivity index (χ2n) is 19.5. The van der Waals surface area contributed by atoms with Gasteiger partial charge in [0.2, 0.25) is 0 Å². The van der Waals surface area contributed by atoms with Crippen LogP contribution >= 0.6 is 7.82 Å². The maximum atomic E-state index is 16.4. The summed E-state index contributed by atoms with van der Waals surface area (Å²) in [6.45, 7) is 14.7. The molecule has 0 aromatic rings. The monoisotopic (exact) mass is 926 g/mol. The van der Waals surface area contributed by atoms with Crippen LogP contribution in [0.4, 0.5) is 65.9 Å². The van der Waals surface area contributed by atoms with Crippen LogP contribution in [0.5, 0.6) is 0 Å². The zero-order chi connectivity index (χ0) is 44.1. The Balaban J connectivity index is 9.75. The third-order valence-corrected chi connectivity index (χ3v) is 40.7. The van der Waals surface area contributed by atoms with Gasteiger partial charge in [-0.1, -0.05) is 118 Å². The molecule has 26 heteroatoms. The summed E-state index contributed by atoms with van der Waals surface area (Å²) in [6.07, 6.45) is -19.9. The van der Waals surface area contributed by atoms with Gasteiger partial charge in [0.25, 0.3) is 0 Å². The van der Waals surface area contributed by atoms with Gasteiger partial charge in [-0.3, -0.25) is 13.6 Å². The molecular weight excluding hydrogens is 873 g/mol. The van der Waals surface area contributed by atoms with Gasteiger partial charge in [0.05, 0.1) is 48.4 Å². The largest absolute Gasteiger partial charge is 0.475 e. The van der Waals surface area contributed by atoms with Crippen molar-refractivity contribution in [3.8, 4) is 0 Å². The van der Waals surface area contributed by atoms with Crippen molar-refractivity contribution >= 4 is 56.3 Å². The Labute approximate surface area is 308 Å². The molecule has 4 nitrogen and oxygen atoms in total. The summed E-state index contributed by atoms with van der Waals surface area (Å²) in [4.78, 5) is -12.6. The molecule has 0 heterocycles. The molecule has 0 aliphatic carbocycles. The van der Waals surface area contributed by atoms with Crippen molar-refractivity contribution in [1.29, 1.82) is 0 Å². The van der Waals surface area contributed by atoms with Crippen molar-refractivity contribution in [3.63, 3.8) is 0 Å². The van der Waals surface area contributed by atoms with Crippen LogP contribution in [0, 0.1) is 0 Å². The Kier molecular flexibility index (Phi) is 14.1. The minimum atomic E-state index is -7.39. The van der Waals surface area contributed by atoms with Gasteiger partial charge in [0.1, 0.15) is 14.5 Å². The van der Waals surface area contributed by atoms with E-state index in [-0.39, 0.29) is 0 Å². The highest BCUT2D eigenvalue weighted by Crippen LogP contribution is 2.71. The topological polar surface area (TPSA) is 44.8 Å². The van der Waals surface area contributed by atoms with E-state index < -0.39 is 107 Å². The number of alkyl halides is 15. The molecule has 0 aromatic heterocycles. The summed E-state index contributed by atoms with van der Waals surface area (Å²) in [5, 5.41) is 0. The molecule has 53 heavy (non-hydrogen) atoms. The maximum absolute atomic E-state index is 16.4. The predicted molar refractivity (Wildman–Crippen MR) is 192 cm³/mol. The van der Waals surface area contributed by atoms with Crippen LogP contribution in [0.1, 0.15) is 0 Å². The van der Waals surface area contributed by atoms with E-state index in [1.54, 1.807) is 0 Å². The molecule has 0 aliphatic rings. The lowest BCUT2D eigenvalue weighted by Crippen LogP contribution is -2.82. The molecule has 0 amide bonds.